The first-order chi connectivity index (χ1) is 8.76. The molecule has 0 spiro atoms. The SMILES string of the molecule is CCc1ncc(C(=O)c2ccccc2)nc1CC. The van der Waals surface area contributed by atoms with E-state index < -0.39 is 0 Å². The molecule has 1 aromatic carbocycles. The average Bonchev–Trinajstić information content (AvgIpc) is 2.46. The van der Waals surface area contributed by atoms with Gasteiger partial charge in [-0.3, -0.25) is 9.78 Å². The van der Waals surface area contributed by atoms with Crippen molar-refractivity contribution in [3.8, 4) is 0 Å². The second kappa shape index (κ2) is 5.54. The van der Waals surface area contributed by atoms with Crippen LogP contribution in [0.5, 0.6) is 0 Å². The molecule has 92 valence electrons. The lowest BCUT2D eigenvalue weighted by Gasteiger charge is -2.06. The van der Waals surface area contributed by atoms with Gasteiger partial charge in [0, 0.05) is 5.56 Å². The molecule has 3 nitrogen and oxygen atoms in total. The molecule has 1 aromatic heterocycles. The molecule has 0 aliphatic rings. The Morgan fingerprint density at radius 1 is 1.06 bits per heavy atom. The smallest absolute Gasteiger partial charge is 0.212 e. The van der Waals surface area contributed by atoms with Crippen LogP contribution in [-0.4, -0.2) is 15.8 Å². The molecular weight excluding hydrogens is 224 g/mol. The van der Waals surface area contributed by atoms with Gasteiger partial charge in [-0.15, -0.1) is 0 Å². The Hall–Kier alpha value is -2.03. The Kier molecular flexibility index (Phi) is 3.82. The Balaban J connectivity index is 2.37. The van der Waals surface area contributed by atoms with E-state index in [9.17, 15) is 4.79 Å². The lowest BCUT2D eigenvalue weighted by atomic mass is 10.1. The van der Waals surface area contributed by atoms with Gasteiger partial charge in [0.05, 0.1) is 17.6 Å². The zero-order valence-electron chi connectivity index (χ0n) is 10.7. The fourth-order valence-corrected chi connectivity index (χ4v) is 1.88. The highest BCUT2D eigenvalue weighted by molar-refractivity contribution is 6.07. The van der Waals surface area contributed by atoms with Crippen LogP contribution in [0.2, 0.25) is 0 Å². The van der Waals surface area contributed by atoms with E-state index in [1.165, 1.54) is 0 Å². The number of ketones is 1. The third kappa shape index (κ3) is 2.45. The predicted octanol–water partition coefficient (Wildman–Crippen LogP) is 2.83. The van der Waals surface area contributed by atoms with E-state index in [4.69, 9.17) is 0 Å². The number of nitrogens with zero attached hydrogens (tertiary/aromatic N) is 2. The Morgan fingerprint density at radius 2 is 1.72 bits per heavy atom. The van der Waals surface area contributed by atoms with Crippen molar-refractivity contribution in [1.82, 2.24) is 9.97 Å². The molecule has 0 fully saturated rings. The van der Waals surface area contributed by atoms with Crippen LogP contribution in [0.3, 0.4) is 0 Å². The number of aromatic nitrogens is 2. The minimum atomic E-state index is -0.0690. The van der Waals surface area contributed by atoms with Crippen molar-refractivity contribution in [3.63, 3.8) is 0 Å². The molecular formula is C15H16N2O. The molecule has 1 heterocycles. The van der Waals surface area contributed by atoms with Crippen LogP contribution in [-0.2, 0) is 12.8 Å². The zero-order chi connectivity index (χ0) is 13.0. The maximum Gasteiger partial charge on any atom is 0.212 e. The van der Waals surface area contributed by atoms with Crippen molar-refractivity contribution in [2.45, 2.75) is 26.7 Å². The van der Waals surface area contributed by atoms with Crippen LogP contribution < -0.4 is 0 Å². The number of rotatable bonds is 4. The van der Waals surface area contributed by atoms with Crippen LogP contribution in [0.4, 0.5) is 0 Å². The lowest BCUT2D eigenvalue weighted by molar-refractivity contribution is 0.103. The molecule has 0 N–H and O–H groups in total. The highest BCUT2D eigenvalue weighted by Crippen LogP contribution is 2.10. The molecule has 0 bridgehead atoms. The monoisotopic (exact) mass is 240 g/mol. The molecule has 0 unspecified atom stereocenters. The maximum absolute atomic E-state index is 12.2. The van der Waals surface area contributed by atoms with Gasteiger partial charge in [-0.2, -0.15) is 0 Å². The molecule has 0 aliphatic carbocycles. The van der Waals surface area contributed by atoms with E-state index >= 15 is 0 Å². The molecule has 0 aliphatic heterocycles. The Morgan fingerprint density at radius 3 is 2.33 bits per heavy atom. The molecule has 0 saturated carbocycles. The van der Waals surface area contributed by atoms with Gasteiger partial charge >= 0.3 is 0 Å². The fraction of sp³-hybridized carbons (Fsp3) is 0.267. The van der Waals surface area contributed by atoms with Gasteiger partial charge in [0.25, 0.3) is 0 Å². The standard InChI is InChI=1S/C15H16N2O/c1-3-12-13(4-2)17-14(10-16-12)15(18)11-8-6-5-7-9-11/h5-10H,3-4H2,1-2H3. The number of hydrogen-bond donors (Lipinski definition) is 0. The summed E-state index contributed by atoms with van der Waals surface area (Å²) in [7, 11) is 0. The van der Waals surface area contributed by atoms with Gasteiger partial charge in [0.1, 0.15) is 5.69 Å². The van der Waals surface area contributed by atoms with E-state index in [1.54, 1.807) is 18.3 Å². The predicted molar refractivity (Wildman–Crippen MR) is 70.7 cm³/mol. The van der Waals surface area contributed by atoms with Gasteiger partial charge < -0.3 is 0 Å². The van der Waals surface area contributed by atoms with Crippen molar-refractivity contribution in [2.75, 3.05) is 0 Å². The highest BCUT2D eigenvalue weighted by Gasteiger charge is 2.12. The number of aryl methyl sites for hydroxylation is 2. The summed E-state index contributed by atoms with van der Waals surface area (Å²) in [5, 5.41) is 0. The second-order valence-corrected chi connectivity index (χ2v) is 4.05. The van der Waals surface area contributed by atoms with Crippen molar-refractivity contribution >= 4 is 5.78 Å². The summed E-state index contributed by atoms with van der Waals surface area (Å²) >= 11 is 0. The zero-order valence-corrected chi connectivity index (χ0v) is 10.7. The van der Waals surface area contributed by atoms with Gasteiger partial charge in [0.2, 0.25) is 5.78 Å². The van der Waals surface area contributed by atoms with Crippen molar-refractivity contribution in [2.24, 2.45) is 0 Å². The van der Waals surface area contributed by atoms with Gasteiger partial charge in [-0.25, -0.2) is 4.98 Å². The second-order valence-electron chi connectivity index (χ2n) is 4.05. The van der Waals surface area contributed by atoms with E-state index in [-0.39, 0.29) is 5.78 Å². The van der Waals surface area contributed by atoms with Crippen molar-refractivity contribution in [1.29, 1.82) is 0 Å². The van der Waals surface area contributed by atoms with E-state index in [0.29, 0.717) is 11.3 Å². The first-order valence-corrected chi connectivity index (χ1v) is 6.20. The van der Waals surface area contributed by atoms with E-state index in [1.807, 2.05) is 32.0 Å². The Labute approximate surface area is 107 Å². The maximum atomic E-state index is 12.2. The molecule has 2 rings (SSSR count). The summed E-state index contributed by atoms with van der Waals surface area (Å²) in [4.78, 5) is 21.0. The summed E-state index contributed by atoms with van der Waals surface area (Å²) < 4.78 is 0. The van der Waals surface area contributed by atoms with E-state index in [0.717, 1.165) is 24.2 Å². The lowest BCUT2D eigenvalue weighted by Crippen LogP contribution is -2.09. The minimum absolute atomic E-state index is 0.0690. The summed E-state index contributed by atoms with van der Waals surface area (Å²) in [6.07, 6.45) is 3.22. The molecule has 0 saturated heterocycles. The molecule has 0 atom stereocenters. The van der Waals surface area contributed by atoms with Crippen LogP contribution in [0.15, 0.2) is 36.5 Å². The topological polar surface area (TPSA) is 42.9 Å². The van der Waals surface area contributed by atoms with Gasteiger partial charge in [-0.05, 0) is 12.8 Å². The number of carbonyl (C=O) groups is 1. The molecule has 2 aromatic rings. The summed E-state index contributed by atoms with van der Waals surface area (Å²) in [5.41, 5.74) is 2.97. The van der Waals surface area contributed by atoms with Crippen LogP contribution in [0.1, 0.15) is 41.3 Å². The number of benzene rings is 1. The normalized spacial score (nSPS) is 10.3. The van der Waals surface area contributed by atoms with Crippen molar-refractivity contribution < 1.29 is 4.79 Å². The molecule has 0 amide bonds. The average molecular weight is 240 g/mol. The quantitative estimate of drug-likeness (QED) is 0.772. The first-order valence-electron chi connectivity index (χ1n) is 6.20. The number of carbonyl (C=O) groups excluding carboxylic acids is 1. The summed E-state index contributed by atoms with van der Waals surface area (Å²) in [6, 6.07) is 9.18. The van der Waals surface area contributed by atoms with Crippen LogP contribution in [0.25, 0.3) is 0 Å². The Bertz CT molecular complexity index is 550. The first kappa shape index (κ1) is 12.4. The third-order valence-corrected chi connectivity index (χ3v) is 2.87. The summed E-state index contributed by atoms with van der Waals surface area (Å²) in [5.74, 6) is -0.0690. The minimum Gasteiger partial charge on any atom is -0.287 e. The molecule has 3 heteroatoms. The van der Waals surface area contributed by atoms with Crippen LogP contribution in [0, 0.1) is 0 Å². The van der Waals surface area contributed by atoms with Gasteiger partial charge in [-0.1, -0.05) is 44.2 Å². The van der Waals surface area contributed by atoms with Gasteiger partial charge in [0.15, 0.2) is 0 Å². The largest absolute Gasteiger partial charge is 0.287 e. The highest BCUT2D eigenvalue weighted by atomic mass is 16.1. The van der Waals surface area contributed by atoms with Crippen molar-refractivity contribution in [3.05, 3.63) is 59.2 Å². The number of hydrogen-bond acceptors (Lipinski definition) is 3. The van der Waals surface area contributed by atoms with Crippen LogP contribution >= 0.6 is 0 Å². The molecule has 18 heavy (non-hydrogen) atoms. The van der Waals surface area contributed by atoms with E-state index in [2.05, 4.69) is 9.97 Å². The molecule has 0 radical (unpaired) electrons. The third-order valence-electron chi connectivity index (χ3n) is 2.87. The fourth-order valence-electron chi connectivity index (χ4n) is 1.88. The summed E-state index contributed by atoms with van der Waals surface area (Å²) in [6.45, 7) is 4.07.